The van der Waals surface area contributed by atoms with E-state index in [1.807, 2.05) is 17.0 Å². The monoisotopic (exact) mass is 346 g/mol. The number of carbonyl (C=O) groups is 2. The predicted octanol–water partition coefficient (Wildman–Crippen LogP) is 3.34. The molecule has 1 aliphatic heterocycles. The quantitative estimate of drug-likeness (QED) is 0.761. The highest BCUT2D eigenvalue weighted by Gasteiger charge is 2.19. The Hall–Kier alpha value is -2.04. The number of rotatable bonds is 7. The molecule has 0 radical (unpaired) electrons. The van der Waals surface area contributed by atoms with Crippen LogP contribution in [0.25, 0.3) is 0 Å². The summed E-state index contributed by atoms with van der Waals surface area (Å²) in [5.41, 5.74) is 0.518. The van der Waals surface area contributed by atoms with Crippen molar-refractivity contribution < 1.29 is 14.3 Å². The van der Waals surface area contributed by atoms with E-state index in [1.54, 1.807) is 24.1 Å². The summed E-state index contributed by atoms with van der Waals surface area (Å²) in [5, 5.41) is 0. The van der Waals surface area contributed by atoms with E-state index in [0.29, 0.717) is 11.3 Å². The van der Waals surface area contributed by atoms with Gasteiger partial charge in [0.2, 0.25) is 0 Å². The number of likely N-dealkylation sites (tertiary alicyclic amines) is 1. The standard InChI is InChI=1S/C20H30N2O3/c1-3-4-13-21(2)20(24)17-11-7-8-12-18(17)25-16-19(23)22-14-9-5-6-10-15-22/h7-8,11-12H,3-6,9-10,13-16H2,1-2H3. The molecule has 5 heteroatoms. The topological polar surface area (TPSA) is 49.9 Å². The molecule has 1 heterocycles. The lowest BCUT2D eigenvalue weighted by Crippen LogP contribution is -2.36. The van der Waals surface area contributed by atoms with Gasteiger partial charge >= 0.3 is 0 Å². The molecule has 1 saturated heterocycles. The van der Waals surface area contributed by atoms with E-state index in [1.165, 1.54) is 12.8 Å². The van der Waals surface area contributed by atoms with E-state index in [2.05, 4.69) is 6.92 Å². The van der Waals surface area contributed by atoms with Crippen LogP contribution in [0.1, 0.15) is 55.8 Å². The smallest absolute Gasteiger partial charge is 0.260 e. The fourth-order valence-corrected chi connectivity index (χ4v) is 3.02. The molecule has 1 aromatic rings. The zero-order chi connectivity index (χ0) is 18.1. The minimum Gasteiger partial charge on any atom is -0.483 e. The van der Waals surface area contributed by atoms with Crippen molar-refractivity contribution in [1.82, 2.24) is 9.80 Å². The molecular weight excluding hydrogens is 316 g/mol. The molecule has 2 rings (SSSR count). The van der Waals surface area contributed by atoms with E-state index in [-0.39, 0.29) is 18.4 Å². The van der Waals surface area contributed by atoms with Gasteiger partial charge in [0.25, 0.3) is 11.8 Å². The Labute approximate surface area is 150 Å². The Morgan fingerprint density at radius 3 is 2.48 bits per heavy atom. The van der Waals surface area contributed by atoms with E-state index in [0.717, 1.165) is 45.3 Å². The molecule has 0 aromatic heterocycles. The number of nitrogens with zero attached hydrogens (tertiary/aromatic N) is 2. The molecular formula is C20H30N2O3. The van der Waals surface area contributed by atoms with Crippen molar-refractivity contribution in [2.75, 3.05) is 33.3 Å². The number of ether oxygens (including phenoxy) is 1. The lowest BCUT2D eigenvalue weighted by molar-refractivity contribution is -0.133. The van der Waals surface area contributed by atoms with E-state index in [4.69, 9.17) is 4.74 Å². The molecule has 0 spiro atoms. The first-order chi connectivity index (χ1) is 12.1. The molecule has 1 fully saturated rings. The largest absolute Gasteiger partial charge is 0.483 e. The number of hydrogen-bond donors (Lipinski definition) is 0. The van der Waals surface area contributed by atoms with Crippen molar-refractivity contribution >= 4 is 11.8 Å². The van der Waals surface area contributed by atoms with Crippen LogP contribution in [-0.4, -0.2) is 54.9 Å². The third-order valence-corrected chi connectivity index (χ3v) is 4.62. The molecule has 5 nitrogen and oxygen atoms in total. The van der Waals surface area contributed by atoms with Crippen LogP contribution in [0.2, 0.25) is 0 Å². The first-order valence-corrected chi connectivity index (χ1v) is 9.38. The Morgan fingerprint density at radius 2 is 1.80 bits per heavy atom. The highest BCUT2D eigenvalue weighted by atomic mass is 16.5. The second-order valence-electron chi connectivity index (χ2n) is 6.66. The molecule has 0 unspecified atom stereocenters. The summed E-state index contributed by atoms with van der Waals surface area (Å²) >= 11 is 0. The lowest BCUT2D eigenvalue weighted by Gasteiger charge is -2.22. The summed E-state index contributed by atoms with van der Waals surface area (Å²) < 4.78 is 5.73. The number of carbonyl (C=O) groups excluding carboxylic acids is 2. The van der Waals surface area contributed by atoms with Crippen LogP contribution in [0.4, 0.5) is 0 Å². The van der Waals surface area contributed by atoms with E-state index >= 15 is 0 Å². The third-order valence-electron chi connectivity index (χ3n) is 4.62. The van der Waals surface area contributed by atoms with Crippen LogP contribution in [0.3, 0.4) is 0 Å². The third kappa shape index (κ3) is 5.76. The van der Waals surface area contributed by atoms with Gasteiger partial charge in [0.15, 0.2) is 6.61 Å². The molecule has 2 amide bonds. The van der Waals surface area contributed by atoms with Gasteiger partial charge in [-0.1, -0.05) is 38.3 Å². The van der Waals surface area contributed by atoms with Crippen molar-refractivity contribution in [2.24, 2.45) is 0 Å². The molecule has 25 heavy (non-hydrogen) atoms. The second-order valence-corrected chi connectivity index (χ2v) is 6.66. The van der Waals surface area contributed by atoms with Crippen molar-refractivity contribution in [3.05, 3.63) is 29.8 Å². The summed E-state index contributed by atoms with van der Waals surface area (Å²) in [6, 6.07) is 7.17. The molecule has 0 saturated carbocycles. The Bertz CT molecular complexity index is 566. The van der Waals surface area contributed by atoms with Crippen molar-refractivity contribution in [3.8, 4) is 5.75 Å². The summed E-state index contributed by atoms with van der Waals surface area (Å²) in [4.78, 5) is 28.6. The Morgan fingerprint density at radius 1 is 1.12 bits per heavy atom. The average Bonchev–Trinajstić information content (AvgIpc) is 2.93. The summed E-state index contributed by atoms with van der Waals surface area (Å²) in [5.74, 6) is 0.425. The number of para-hydroxylation sites is 1. The van der Waals surface area contributed by atoms with Crippen LogP contribution in [0, 0.1) is 0 Å². The van der Waals surface area contributed by atoms with Crippen LogP contribution >= 0.6 is 0 Å². The van der Waals surface area contributed by atoms with E-state index in [9.17, 15) is 9.59 Å². The number of unbranched alkanes of at least 4 members (excludes halogenated alkanes) is 1. The van der Waals surface area contributed by atoms with Gasteiger partial charge in [-0.3, -0.25) is 9.59 Å². The Balaban J connectivity index is 1.97. The highest BCUT2D eigenvalue weighted by Crippen LogP contribution is 2.20. The van der Waals surface area contributed by atoms with Gasteiger partial charge in [-0.05, 0) is 31.4 Å². The fourth-order valence-electron chi connectivity index (χ4n) is 3.02. The second kappa shape index (κ2) is 10.1. The summed E-state index contributed by atoms with van der Waals surface area (Å²) in [6.07, 6.45) is 6.50. The zero-order valence-electron chi connectivity index (χ0n) is 15.5. The van der Waals surface area contributed by atoms with Gasteiger partial charge < -0.3 is 14.5 Å². The maximum absolute atomic E-state index is 12.6. The first kappa shape index (κ1) is 19.3. The minimum absolute atomic E-state index is 0.00323. The Kier molecular flexibility index (Phi) is 7.76. The lowest BCUT2D eigenvalue weighted by atomic mass is 10.1. The van der Waals surface area contributed by atoms with Crippen molar-refractivity contribution in [1.29, 1.82) is 0 Å². The zero-order valence-corrected chi connectivity index (χ0v) is 15.5. The maximum Gasteiger partial charge on any atom is 0.260 e. The predicted molar refractivity (Wildman–Crippen MR) is 98.9 cm³/mol. The van der Waals surface area contributed by atoms with Gasteiger partial charge in [-0.2, -0.15) is 0 Å². The molecule has 1 aliphatic rings. The van der Waals surface area contributed by atoms with Crippen LogP contribution in [0.5, 0.6) is 5.75 Å². The van der Waals surface area contributed by atoms with Crippen LogP contribution in [0.15, 0.2) is 24.3 Å². The molecule has 0 bridgehead atoms. The normalized spacial score (nSPS) is 14.7. The van der Waals surface area contributed by atoms with Crippen molar-refractivity contribution in [3.63, 3.8) is 0 Å². The molecule has 0 atom stereocenters. The molecule has 0 aliphatic carbocycles. The number of benzene rings is 1. The van der Waals surface area contributed by atoms with Gasteiger partial charge in [-0.15, -0.1) is 0 Å². The van der Waals surface area contributed by atoms with Gasteiger partial charge in [0.05, 0.1) is 5.56 Å². The summed E-state index contributed by atoms with van der Waals surface area (Å²) in [6.45, 7) is 4.42. The van der Waals surface area contributed by atoms with Gasteiger partial charge in [0.1, 0.15) is 5.75 Å². The molecule has 138 valence electrons. The SMILES string of the molecule is CCCCN(C)C(=O)c1ccccc1OCC(=O)N1CCCCCC1. The highest BCUT2D eigenvalue weighted by molar-refractivity contribution is 5.96. The number of hydrogen-bond acceptors (Lipinski definition) is 3. The first-order valence-electron chi connectivity index (χ1n) is 9.38. The van der Waals surface area contributed by atoms with Crippen LogP contribution < -0.4 is 4.74 Å². The van der Waals surface area contributed by atoms with Gasteiger partial charge in [-0.25, -0.2) is 0 Å². The average molecular weight is 346 g/mol. The van der Waals surface area contributed by atoms with Crippen LogP contribution in [-0.2, 0) is 4.79 Å². The molecule has 0 N–H and O–H groups in total. The van der Waals surface area contributed by atoms with Gasteiger partial charge in [0, 0.05) is 26.7 Å². The number of amides is 2. The van der Waals surface area contributed by atoms with Crippen molar-refractivity contribution in [2.45, 2.75) is 45.4 Å². The summed E-state index contributed by atoms with van der Waals surface area (Å²) in [7, 11) is 1.80. The molecule has 1 aromatic carbocycles. The fraction of sp³-hybridized carbons (Fsp3) is 0.600. The van der Waals surface area contributed by atoms with E-state index < -0.39 is 0 Å². The minimum atomic E-state index is -0.0636. The maximum atomic E-state index is 12.6.